The maximum Gasteiger partial charge on any atom is 0.337 e. The van der Waals surface area contributed by atoms with Crippen LogP contribution in [0.2, 0.25) is 0 Å². The third-order valence-electron chi connectivity index (χ3n) is 4.45. The van der Waals surface area contributed by atoms with Gasteiger partial charge >= 0.3 is 5.97 Å². The number of nitrogens with zero attached hydrogens (tertiary/aromatic N) is 1. The topological polar surface area (TPSA) is 78.6 Å². The largest absolute Gasteiger partial charge is 0.478 e. The minimum absolute atomic E-state index is 0.263. The Balaban J connectivity index is 1.73. The molecule has 3 rings (SSSR count). The molecular weight excluding hydrogens is 254 g/mol. The molecule has 4 N–H and O–H groups in total. The summed E-state index contributed by atoms with van der Waals surface area (Å²) in [4.78, 5) is 13.8. The molecule has 2 fully saturated rings. The molecule has 0 amide bonds. The molecule has 1 aromatic rings. The Morgan fingerprint density at radius 3 is 3.00 bits per heavy atom. The summed E-state index contributed by atoms with van der Waals surface area (Å²) < 4.78 is 0. The van der Waals surface area contributed by atoms with E-state index in [0.717, 1.165) is 19.4 Å². The van der Waals surface area contributed by atoms with Crippen LogP contribution < -0.4 is 11.1 Å². The fourth-order valence-electron chi connectivity index (χ4n) is 3.44. The molecule has 20 heavy (non-hydrogen) atoms. The third-order valence-corrected chi connectivity index (χ3v) is 4.45. The first-order valence-corrected chi connectivity index (χ1v) is 7.27. The van der Waals surface area contributed by atoms with Crippen LogP contribution in [-0.4, -0.2) is 41.1 Å². The summed E-state index contributed by atoms with van der Waals surface area (Å²) in [7, 11) is 0. The van der Waals surface area contributed by atoms with Gasteiger partial charge in [-0.2, -0.15) is 0 Å². The predicted molar refractivity (Wildman–Crippen MR) is 79.1 cm³/mol. The third kappa shape index (κ3) is 2.58. The van der Waals surface area contributed by atoms with E-state index in [1.807, 2.05) is 0 Å². The first kappa shape index (κ1) is 13.2. The van der Waals surface area contributed by atoms with E-state index < -0.39 is 5.97 Å². The van der Waals surface area contributed by atoms with E-state index in [1.165, 1.54) is 25.5 Å². The second-order valence-corrected chi connectivity index (χ2v) is 5.81. The second-order valence-electron chi connectivity index (χ2n) is 5.81. The molecule has 0 saturated carbocycles. The number of nitrogen functional groups attached to an aromatic ring is 1. The number of aromatic carboxylic acids is 1. The average Bonchev–Trinajstić information content (AvgIpc) is 2.88. The van der Waals surface area contributed by atoms with Gasteiger partial charge in [0.25, 0.3) is 0 Å². The summed E-state index contributed by atoms with van der Waals surface area (Å²) in [6, 6.07) is 6.08. The highest BCUT2D eigenvalue weighted by molar-refractivity contribution is 5.95. The fourth-order valence-corrected chi connectivity index (χ4v) is 3.44. The van der Waals surface area contributed by atoms with Gasteiger partial charge in [0, 0.05) is 30.0 Å². The minimum atomic E-state index is -0.932. The number of carboxylic acids is 1. The number of anilines is 2. The molecule has 2 heterocycles. The lowest BCUT2D eigenvalue weighted by Gasteiger charge is -2.35. The zero-order valence-electron chi connectivity index (χ0n) is 11.5. The summed E-state index contributed by atoms with van der Waals surface area (Å²) in [5.74, 6) is -0.932. The molecule has 0 spiro atoms. The van der Waals surface area contributed by atoms with Crippen molar-refractivity contribution >= 4 is 17.3 Å². The molecule has 5 nitrogen and oxygen atoms in total. The number of carboxylic acid groups (broad SMARTS) is 1. The lowest BCUT2D eigenvalue weighted by Crippen LogP contribution is -2.42. The lowest BCUT2D eigenvalue weighted by molar-refractivity contribution is 0.0698. The van der Waals surface area contributed by atoms with E-state index in [-0.39, 0.29) is 5.56 Å². The van der Waals surface area contributed by atoms with Gasteiger partial charge in [0.2, 0.25) is 0 Å². The average molecular weight is 275 g/mol. The molecule has 2 aliphatic rings. The number of fused-ring (bicyclic) bond motifs is 1. The Bertz CT molecular complexity index is 518. The van der Waals surface area contributed by atoms with Gasteiger partial charge in [-0.15, -0.1) is 0 Å². The highest BCUT2D eigenvalue weighted by Gasteiger charge is 2.31. The molecule has 108 valence electrons. The van der Waals surface area contributed by atoms with Crippen molar-refractivity contribution in [2.75, 3.05) is 24.1 Å². The Kier molecular flexibility index (Phi) is 3.53. The van der Waals surface area contributed by atoms with Crippen LogP contribution in [0.15, 0.2) is 18.2 Å². The number of nitrogens with two attached hydrogens (primary N) is 1. The number of hydrogen-bond acceptors (Lipinski definition) is 4. The maximum absolute atomic E-state index is 11.3. The first-order valence-electron chi connectivity index (χ1n) is 7.27. The lowest BCUT2D eigenvalue weighted by atomic mass is 9.97. The number of rotatable bonds is 3. The van der Waals surface area contributed by atoms with Crippen LogP contribution >= 0.6 is 0 Å². The summed E-state index contributed by atoms with van der Waals surface area (Å²) in [5.41, 5.74) is 7.10. The van der Waals surface area contributed by atoms with Crippen molar-refractivity contribution in [2.45, 2.75) is 37.8 Å². The van der Waals surface area contributed by atoms with Crippen molar-refractivity contribution in [3.8, 4) is 0 Å². The standard InChI is InChI=1S/C15H21N3O2/c16-10-3-4-14(13(8-10)15(19)20)17-11-5-7-18-6-1-2-12(18)9-11/h3-4,8,11-12,17H,1-2,5-7,9,16H2,(H,19,20). The van der Waals surface area contributed by atoms with Gasteiger partial charge in [0.15, 0.2) is 0 Å². The van der Waals surface area contributed by atoms with Crippen LogP contribution in [0, 0.1) is 0 Å². The normalized spacial score (nSPS) is 26.2. The quantitative estimate of drug-likeness (QED) is 0.735. The van der Waals surface area contributed by atoms with Gasteiger partial charge in [-0.3, -0.25) is 0 Å². The first-order chi connectivity index (χ1) is 9.63. The molecule has 0 aromatic heterocycles. The van der Waals surface area contributed by atoms with E-state index in [4.69, 9.17) is 5.73 Å². The van der Waals surface area contributed by atoms with Gasteiger partial charge in [-0.05, 0) is 50.4 Å². The van der Waals surface area contributed by atoms with Crippen LogP contribution in [0.4, 0.5) is 11.4 Å². The predicted octanol–water partition coefficient (Wildman–Crippen LogP) is 2.01. The summed E-state index contributed by atoms with van der Waals surface area (Å²) in [6.45, 7) is 2.33. The van der Waals surface area contributed by atoms with E-state index in [0.29, 0.717) is 23.5 Å². The Labute approximate surface area is 118 Å². The van der Waals surface area contributed by atoms with Crippen molar-refractivity contribution in [1.29, 1.82) is 0 Å². The molecule has 2 saturated heterocycles. The van der Waals surface area contributed by atoms with Crippen molar-refractivity contribution in [2.24, 2.45) is 0 Å². The van der Waals surface area contributed by atoms with Crippen molar-refractivity contribution in [1.82, 2.24) is 4.90 Å². The smallest absolute Gasteiger partial charge is 0.337 e. The van der Waals surface area contributed by atoms with Gasteiger partial charge in [-0.1, -0.05) is 0 Å². The van der Waals surface area contributed by atoms with Crippen LogP contribution in [0.1, 0.15) is 36.0 Å². The van der Waals surface area contributed by atoms with Crippen LogP contribution in [0.3, 0.4) is 0 Å². The Morgan fingerprint density at radius 2 is 2.20 bits per heavy atom. The molecule has 1 aromatic carbocycles. The van der Waals surface area contributed by atoms with Crippen molar-refractivity contribution in [3.63, 3.8) is 0 Å². The number of piperidine rings is 1. The molecule has 2 atom stereocenters. The van der Waals surface area contributed by atoms with Gasteiger partial charge in [0.1, 0.15) is 0 Å². The molecule has 2 aliphatic heterocycles. The summed E-state index contributed by atoms with van der Waals surface area (Å²) in [5, 5.41) is 12.7. The minimum Gasteiger partial charge on any atom is -0.478 e. The van der Waals surface area contributed by atoms with Gasteiger partial charge < -0.3 is 21.1 Å². The molecule has 2 unspecified atom stereocenters. The Morgan fingerprint density at radius 1 is 1.35 bits per heavy atom. The van der Waals surface area contributed by atoms with E-state index in [9.17, 15) is 9.90 Å². The zero-order chi connectivity index (χ0) is 14.1. The fraction of sp³-hybridized carbons (Fsp3) is 0.533. The second kappa shape index (κ2) is 5.32. The SMILES string of the molecule is Nc1ccc(NC2CCN3CCCC3C2)c(C(=O)O)c1. The molecule has 0 radical (unpaired) electrons. The zero-order valence-corrected chi connectivity index (χ0v) is 11.5. The Hall–Kier alpha value is -1.75. The number of hydrogen-bond donors (Lipinski definition) is 3. The maximum atomic E-state index is 11.3. The molecular formula is C15H21N3O2. The van der Waals surface area contributed by atoms with Crippen LogP contribution in [-0.2, 0) is 0 Å². The number of benzene rings is 1. The molecule has 0 aliphatic carbocycles. The summed E-state index contributed by atoms with van der Waals surface area (Å²) >= 11 is 0. The van der Waals surface area contributed by atoms with E-state index in [2.05, 4.69) is 10.2 Å². The van der Waals surface area contributed by atoms with Crippen LogP contribution in [0.25, 0.3) is 0 Å². The van der Waals surface area contributed by atoms with Crippen LogP contribution in [0.5, 0.6) is 0 Å². The number of carbonyl (C=O) groups is 1. The molecule has 0 bridgehead atoms. The van der Waals surface area contributed by atoms with Crippen molar-refractivity contribution < 1.29 is 9.90 Å². The van der Waals surface area contributed by atoms with Gasteiger partial charge in [0.05, 0.1) is 5.56 Å². The van der Waals surface area contributed by atoms with E-state index >= 15 is 0 Å². The highest BCUT2D eigenvalue weighted by atomic mass is 16.4. The van der Waals surface area contributed by atoms with Crippen molar-refractivity contribution in [3.05, 3.63) is 23.8 Å². The highest BCUT2D eigenvalue weighted by Crippen LogP contribution is 2.29. The van der Waals surface area contributed by atoms with Gasteiger partial charge in [-0.25, -0.2) is 4.79 Å². The molecule has 5 heteroatoms. The summed E-state index contributed by atoms with van der Waals surface area (Å²) in [6.07, 6.45) is 4.73. The van der Waals surface area contributed by atoms with E-state index in [1.54, 1.807) is 12.1 Å². The number of nitrogens with one attached hydrogen (secondary N) is 1. The monoisotopic (exact) mass is 275 g/mol.